The van der Waals surface area contributed by atoms with E-state index in [1.807, 2.05) is 12.5 Å². The lowest BCUT2D eigenvalue weighted by Crippen LogP contribution is -2.35. The summed E-state index contributed by atoms with van der Waals surface area (Å²) >= 11 is 0. The highest BCUT2D eigenvalue weighted by Crippen LogP contribution is 2.32. The maximum atomic E-state index is 4.24. The molecule has 3 heteroatoms. The molecule has 2 rings (SSSR count). The van der Waals surface area contributed by atoms with E-state index < -0.39 is 0 Å². The first-order valence-electron chi connectivity index (χ1n) is 6.28. The van der Waals surface area contributed by atoms with Gasteiger partial charge in [-0.25, -0.2) is 4.98 Å². The van der Waals surface area contributed by atoms with E-state index in [1.165, 1.54) is 25.0 Å². The van der Waals surface area contributed by atoms with Crippen LogP contribution < -0.4 is 5.32 Å². The smallest absolute Gasteiger partial charge is 0.0948 e. The predicted molar refractivity (Wildman–Crippen MR) is 66.2 cm³/mol. The molecule has 0 radical (unpaired) electrons. The third-order valence-corrected chi connectivity index (χ3v) is 3.07. The lowest BCUT2D eigenvalue weighted by Gasteiger charge is -2.20. The van der Waals surface area contributed by atoms with Gasteiger partial charge in [-0.3, -0.25) is 0 Å². The molecule has 1 heterocycles. The van der Waals surface area contributed by atoms with Gasteiger partial charge in [-0.05, 0) is 33.1 Å². The molecule has 16 heavy (non-hydrogen) atoms. The van der Waals surface area contributed by atoms with Gasteiger partial charge in [-0.2, -0.15) is 0 Å². The van der Waals surface area contributed by atoms with E-state index in [1.54, 1.807) is 0 Å². The van der Waals surface area contributed by atoms with Crippen LogP contribution in [0.15, 0.2) is 12.5 Å². The highest BCUT2D eigenvalue weighted by Gasteiger charge is 2.21. The summed E-state index contributed by atoms with van der Waals surface area (Å²) in [6.07, 6.45) is 8.13. The summed E-state index contributed by atoms with van der Waals surface area (Å²) in [5.74, 6) is 0.992. The first-order chi connectivity index (χ1) is 7.54. The molecule has 0 saturated heterocycles. The Labute approximate surface area is 98.3 Å². The zero-order chi connectivity index (χ0) is 11.6. The molecule has 90 valence electrons. The molecule has 1 N–H and O–H groups in total. The summed E-state index contributed by atoms with van der Waals surface area (Å²) in [5.41, 5.74) is 1.47. The predicted octanol–water partition coefficient (Wildman–Crippen LogP) is 2.57. The van der Waals surface area contributed by atoms with Gasteiger partial charge in [-0.1, -0.05) is 12.8 Å². The monoisotopic (exact) mass is 221 g/mol. The van der Waals surface area contributed by atoms with Gasteiger partial charge in [0.1, 0.15) is 0 Å². The minimum absolute atomic E-state index is 0.172. The molecule has 0 aliphatic heterocycles. The summed E-state index contributed by atoms with van der Waals surface area (Å²) in [5, 5.41) is 3.51. The lowest BCUT2D eigenvalue weighted by molar-refractivity contribution is 0.414. The summed E-state index contributed by atoms with van der Waals surface area (Å²) in [6, 6.07) is 0. The molecule has 0 amide bonds. The molecule has 0 spiro atoms. The largest absolute Gasteiger partial charge is 0.333 e. The molecular formula is C13H23N3. The minimum Gasteiger partial charge on any atom is -0.333 e. The van der Waals surface area contributed by atoms with Crippen molar-refractivity contribution in [3.63, 3.8) is 0 Å². The molecule has 1 aliphatic rings. The van der Waals surface area contributed by atoms with Gasteiger partial charge in [0.2, 0.25) is 0 Å². The van der Waals surface area contributed by atoms with Crippen molar-refractivity contribution in [2.75, 3.05) is 0 Å². The fourth-order valence-corrected chi connectivity index (χ4v) is 1.78. The quantitative estimate of drug-likeness (QED) is 0.828. The second-order valence-electron chi connectivity index (χ2n) is 5.91. The van der Waals surface area contributed by atoms with E-state index >= 15 is 0 Å². The minimum atomic E-state index is 0.172. The Hall–Kier alpha value is -0.830. The third kappa shape index (κ3) is 3.63. The molecule has 1 aromatic rings. The van der Waals surface area contributed by atoms with E-state index in [-0.39, 0.29) is 5.54 Å². The summed E-state index contributed by atoms with van der Waals surface area (Å²) < 4.78 is 2.29. The van der Waals surface area contributed by atoms with Gasteiger partial charge in [0.25, 0.3) is 0 Å². The molecule has 1 aliphatic carbocycles. The van der Waals surface area contributed by atoms with Crippen molar-refractivity contribution in [1.29, 1.82) is 0 Å². The third-order valence-electron chi connectivity index (χ3n) is 3.07. The number of aryl methyl sites for hydroxylation is 1. The summed E-state index contributed by atoms with van der Waals surface area (Å²) in [4.78, 5) is 4.24. The highest BCUT2D eigenvalue weighted by atomic mass is 15.1. The standard InChI is InChI=1S/C13H23N3/c1-13(2,3)15-9-12-8-14-10-16(12)7-6-11-4-5-11/h8,10-11,15H,4-7,9H2,1-3H3. The SMILES string of the molecule is CC(C)(C)NCc1cncn1CCC1CC1. The zero-order valence-electron chi connectivity index (χ0n) is 10.7. The van der Waals surface area contributed by atoms with Crippen LogP contribution in [-0.2, 0) is 13.1 Å². The molecule has 1 aromatic heterocycles. The van der Waals surface area contributed by atoms with Crippen LogP contribution in [-0.4, -0.2) is 15.1 Å². The van der Waals surface area contributed by atoms with E-state index in [0.29, 0.717) is 0 Å². The molecule has 0 unspecified atom stereocenters. The molecule has 1 fully saturated rings. The van der Waals surface area contributed by atoms with Crippen LogP contribution in [0.2, 0.25) is 0 Å². The number of nitrogens with zero attached hydrogens (tertiary/aromatic N) is 2. The number of hydrogen-bond donors (Lipinski definition) is 1. The Morgan fingerprint density at radius 3 is 2.81 bits per heavy atom. The molecule has 0 atom stereocenters. The first-order valence-corrected chi connectivity index (χ1v) is 6.28. The Balaban J connectivity index is 1.85. The van der Waals surface area contributed by atoms with Crippen LogP contribution in [0.4, 0.5) is 0 Å². The van der Waals surface area contributed by atoms with Crippen molar-refractivity contribution < 1.29 is 0 Å². The molecule has 1 saturated carbocycles. The number of aromatic nitrogens is 2. The average molecular weight is 221 g/mol. The van der Waals surface area contributed by atoms with Crippen molar-refractivity contribution in [1.82, 2.24) is 14.9 Å². The van der Waals surface area contributed by atoms with Crippen molar-refractivity contribution in [3.8, 4) is 0 Å². The topological polar surface area (TPSA) is 29.9 Å². The fraction of sp³-hybridized carbons (Fsp3) is 0.769. The van der Waals surface area contributed by atoms with Crippen LogP contribution in [0.3, 0.4) is 0 Å². The van der Waals surface area contributed by atoms with E-state index in [9.17, 15) is 0 Å². The Morgan fingerprint density at radius 1 is 1.44 bits per heavy atom. The molecular weight excluding hydrogens is 198 g/mol. The van der Waals surface area contributed by atoms with Gasteiger partial charge in [-0.15, -0.1) is 0 Å². The Kier molecular flexibility index (Phi) is 3.33. The number of hydrogen-bond acceptors (Lipinski definition) is 2. The Bertz CT molecular complexity index is 331. The van der Waals surface area contributed by atoms with Gasteiger partial charge in [0.15, 0.2) is 0 Å². The van der Waals surface area contributed by atoms with Crippen LogP contribution in [0.25, 0.3) is 0 Å². The van der Waals surface area contributed by atoms with Crippen molar-refractivity contribution in [2.24, 2.45) is 5.92 Å². The van der Waals surface area contributed by atoms with Crippen molar-refractivity contribution in [3.05, 3.63) is 18.2 Å². The number of imidazole rings is 1. The van der Waals surface area contributed by atoms with Crippen molar-refractivity contribution >= 4 is 0 Å². The van der Waals surface area contributed by atoms with Crippen molar-refractivity contribution in [2.45, 2.75) is 58.7 Å². The van der Waals surface area contributed by atoms with Crippen LogP contribution in [0.1, 0.15) is 45.7 Å². The summed E-state index contributed by atoms with van der Waals surface area (Å²) in [6.45, 7) is 8.62. The number of nitrogens with one attached hydrogen (secondary N) is 1. The second-order valence-corrected chi connectivity index (χ2v) is 5.91. The van der Waals surface area contributed by atoms with Crippen LogP contribution in [0.5, 0.6) is 0 Å². The normalized spacial score (nSPS) is 16.7. The first kappa shape index (κ1) is 11.6. The van der Waals surface area contributed by atoms with E-state index in [0.717, 1.165) is 19.0 Å². The van der Waals surface area contributed by atoms with Crippen LogP contribution in [0, 0.1) is 5.92 Å². The van der Waals surface area contributed by atoms with Gasteiger partial charge >= 0.3 is 0 Å². The van der Waals surface area contributed by atoms with Gasteiger partial charge < -0.3 is 9.88 Å². The molecule has 0 aromatic carbocycles. The second kappa shape index (κ2) is 4.58. The highest BCUT2D eigenvalue weighted by molar-refractivity contribution is 4.99. The fourth-order valence-electron chi connectivity index (χ4n) is 1.78. The number of rotatable bonds is 5. The van der Waals surface area contributed by atoms with Gasteiger partial charge in [0.05, 0.1) is 12.0 Å². The average Bonchev–Trinajstić information content (AvgIpc) is 2.90. The van der Waals surface area contributed by atoms with Gasteiger partial charge in [0, 0.05) is 24.8 Å². The maximum absolute atomic E-state index is 4.24. The summed E-state index contributed by atoms with van der Waals surface area (Å²) in [7, 11) is 0. The Morgan fingerprint density at radius 2 is 2.19 bits per heavy atom. The zero-order valence-corrected chi connectivity index (χ0v) is 10.7. The molecule has 0 bridgehead atoms. The maximum Gasteiger partial charge on any atom is 0.0948 e. The molecule has 3 nitrogen and oxygen atoms in total. The lowest BCUT2D eigenvalue weighted by atomic mass is 10.1. The van der Waals surface area contributed by atoms with Crippen LogP contribution >= 0.6 is 0 Å². The van der Waals surface area contributed by atoms with E-state index in [2.05, 4.69) is 35.6 Å². The van der Waals surface area contributed by atoms with E-state index in [4.69, 9.17) is 0 Å².